The molecule has 0 radical (unpaired) electrons. The summed E-state index contributed by atoms with van der Waals surface area (Å²) in [5.41, 5.74) is 3.45. The number of halogens is 1. The quantitative estimate of drug-likeness (QED) is 0.474. The van der Waals surface area contributed by atoms with Gasteiger partial charge in [-0.2, -0.15) is 0 Å². The van der Waals surface area contributed by atoms with Gasteiger partial charge in [0.25, 0.3) is 5.91 Å². The Labute approximate surface area is 172 Å². The van der Waals surface area contributed by atoms with Crippen molar-refractivity contribution in [2.24, 2.45) is 0 Å². The topological polar surface area (TPSA) is 80.1 Å². The smallest absolute Gasteiger partial charge is 0.273 e. The van der Waals surface area contributed by atoms with Crippen molar-refractivity contribution in [3.05, 3.63) is 82.3 Å². The number of aromatic amines is 1. The van der Waals surface area contributed by atoms with E-state index in [0.717, 1.165) is 27.8 Å². The van der Waals surface area contributed by atoms with Gasteiger partial charge in [0.05, 0.1) is 7.11 Å². The summed E-state index contributed by atoms with van der Waals surface area (Å²) in [5, 5.41) is 8.53. The number of rotatable bonds is 7. The predicted molar refractivity (Wildman–Crippen MR) is 112 cm³/mol. The Morgan fingerprint density at radius 3 is 2.83 bits per heavy atom. The molecule has 1 amide bonds. The van der Waals surface area contributed by atoms with Crippen molar-refractivity contribution in [2.45, 2.75) is 12.8 Å². The molecule has 2 N–H and O–H groups in total. The van der Waals surface area contributed by atoms with Gasteiger partial charge in [-0.25, -0.2) is 0 Å². The molecule has 6 nitrogen and oxygen atoms in total. The molecular weight excluding hydrogens is 390 g/mol. The summed E-state index contributed by atoms with van der Waals surface area (Å²) in [6.45, 7) is 0.485. The molecule has 0 fully saturated rings. The molecule has 0 atom stereocenters. The molecule has 7 heteroatoms. The van der Waals surface area contributed by atoms with Crippen LogP contribution in [0.4, 0.5) is 0 Å². The standard InChI is InChI=1S/C22H20ClN3O3/c1-28-17-5-2-14(3-6-17)10-18-12-21(26-29-18)22(27)24-9-8-15-13-25-20-7-4-16(23)11-19(15)20/h2-7,11-13,25H,8-10H2,1H3,(H,24,27). The van der Waals surface area contributed by atoms with Gasteiger partial charge in [0, 0.05) is 41.2 Å². The molecule has 4 aromatic rings. The van der Waals surface area contributed by atoms with Crippen LogP contribution in [-0.2, 0) is 12.8 Å². The summed E-state index contributed by atoms with van der Waals surface area (Å²) >= 11 is 6.08. The first-order valence-corrected chi connectivity index (χ1v) is 9.62. The van der Waals surface area contributed by atoms with Crippen LogP contribution in [-0.4, -0.2) is 29.7 Å². The average Bonchev–Trinajstić information content (AvgIpc) is 3.36. The van der Waals surface area contributed by atoms with E-state index in [4.69, 9.17) is 20.9 Å². The molecule has 0 aliphatic carbocycles. The Balaban J connectivity index is 1.33. The minimum Gasteiger partial charge on any atom is -0.497 e. The third kappa shape index (κ3) is 4.43. The molecule has 0 spiro atoms. The van der Waals surface area contributed by atoms with Gasteiger partial charge in [-0.05, 0) is 47.9 Å². The third-order valence-corrected chi connectivity index (χ3v) is 4.97. The van der Waals surface area contributed by atoms with Crippen LogP contribution in [0.5, 0.6) is 5.75 Å². The van der Waals surface area contributed by atoms with Crippen LogP contribution in [0.15, 0.2) is 59.3 Å². The fraction of sp³-hybridized carbons (Fsp3) is 0.182. The maximum absolute atomic E-state index is 12.4. The predicted octanol–water partition coefficient (Wildman–Crippen LogP) is 4.38. The zero-order valence-electron chi connectivity index (χ0n) is 15.9. The summed E-state index contributed by atoms with van der Waals surface area (Å²) in [6.07, 6.45) is 3.18. The molecule has 4 rings (SSSR count). The maximum Gasteiger partial charge on any atom is 0.273 e. The lowest BCUT2D eigenvalue weighted by molar-refractivity contribution is 0.0945. The maximum atomic E-state index is 12.4. The number of hydrogen-bond acceptors (Lipinski definition) is 4. The molecular formula is C22H20ClN3O3. The molecule has 0 unspecified atom stereocenters. The number of nitrogens with zero attached hydrogens (tertiary/aromatic N) is 1. The van der Waals surface area contributed by atoms with E-state index in [9.17, 15) is 4.79 Å². The Kier molecular flexibility index (Phi) is 5.53. The number of carbonyl (C=O) groups is 1. The highest BCUT2D eigenvalue weighted by Crippen LogP contribution is 2.22. The molecule has 0 saturated carbocycles. The number of hydrogen-bond donors (Lipinski definition) is 2. The fourth-order valence-electron chi connectivity index (χ4n) is 3.21. The molecule has 29 heavy (non-hydrogen) atoms. The number of ether oxygens (including phenoxy) is 1. The van der Waals surface area contributed by atoms with Gasteiger partial charge >= 0.3 is 0 Å². The highest BCUT2D eigenvalue weighted by Gasteiger charge is 2.13. The van der Waals surface area contributed by atoms with Crippen LogP contribution in [0, 0.1) is 0 Å². The highest BCUT2D eigenvalue weighted by atomic mass is 35.5. The van der Waals surface area contributed by atoms with Crippen molar-refractivity contribution >= 4 is 28.4 Å². The van der Waals surface area contributed by atoms with Gasteiger partial charge in [-0.15, -0.1) is 0 Å². The number of aromatic nitrogens is 2. The van der Waals surface area contributed by atoms with Crippen molar-refractivity contribution in [3.8, 4) is 5.75 Å². The lowest BCUT2D eigenvalue weighted by Crippen LogP contribution is -2.25. The second-order valence-electron chi connectivity index (χ2n) is 6.71. The summed E-state index contributed by atoms with van der Waals surface area (Å²) in [7, 11) is 1.63. The van der Waals surface area contributed by atoms with Crippen molar-refractivity contribution in [2.75, 3.05) is 13.7 Å². The van der Waals surface area contributed by atoms with E-state index < -0.39 is 0 Å². The molecule has 0 bridgehead atoms. The Hall–Kier alpha value is -3.25. The number of fused-ring (bicyclic) bond motifs is 1. The largest absolute Gasteiger partial charge is 0.497 e. The van der Waals surface area contributed by atoms with E-state index in [1.165, 1.54) is 0 Å². The van der Waals surface area contributed by atoms with E-state index in [1.54, 1.807) is 13.2 Å². The Morgan fingerprint density at radius 2 is 2.03 bits per heavy atom. The summed E-state index contributed by atoms with van der Waals surface area (Å²) in [5.74, 6) is 1.17. The molecule has 2 aromatic heterocycles. The normalized spacial score (nSPS) is 11.0. The SMILES string of the molecule is COc1ccc(Cc2cc(C(=O)NCCc3c[nH]c4ccc(Cl)cc34)no2)cc1. The van der Waals surface area contributed by atoms with Gasteiger partial charge in [0.15, 0.2) is 5.69 Å². The monoisotopic (exact) mass is 409 g/mol. The first kappa shape index (κ1) is 19.1. The first-order chi connectivity index (χ1) is 14.1. The number of nitrogens with one attached hydrogen (secondary N) is 2. The number of amides is 1. The van der Waals surface area contributed by atoms with Gasteiger partial charge in [0.2, 0.25) is 0 Å². The van der Waals surface area contributed by atoms with E-state index in [-0.39, 0.29) is 11.6 Å². The van der Waals surface area contributed by atoms with Crippen LogP contribution in [0.25, 0.3) is 10.9 Å². The minimum atomic E-state index is -0.257. The van der Waals surface area contributed by atoms with Gasteiger partial charge in [0.1, 0.15) is 11.5 Å². The van der Waals surface area contributed by atoms with Crippen LogP contribution >= 0.6 is 11.6 Å². The highest BCUT2D eigenvalue weighted by molar-refractivity contribution is 6.31. The van der Waals surface area contributed by atoms with E-state index in [2.05, 4.69) is 15.5 Å². The van der Waals surface area contributed by atoms with Gasteiger partial charge in [-0.1, -0.05) is 28.9 Å². The number of carbonyl (C=O) groups excluding carboxylic acids is 1. The molecule has 0 aliphatic rings. The second-order valence-corrected chi connectivity index (χ2v) is 7.15. The van der Waals surface area contributed by atoms with Crippen LogP contribution in [0.2, 0.25) is 5.02 Å². The van der Waals surface area contributed by atoms with Crippen LogP contribution in [0.3, 0.4) is 0 Å². The van der Waals surface area contributed by atoms with E-state index in [1.807, 2.05) is 48.7 Å². The zero-order chi connectivity index (χ0) is 20.2. The van der Waals surface area contributed by atoms with Gasteiger partial charge < -0.3 is 19.6 Å². The molecule has 2 aromatic carbocycles. The summed E-state index contributed by atoms with van der Waals surface area (Å²) in [6, 6.07) is 15.1. The van der Waals surface area contributed by atoms with Crippen LogP contribution < -0.4 is 10.1 Å². The summed E-state index contributed by atoms with van der Waals surface area (Å²) < 4.78 is 10.5. The van der Waals surface area contributed by atoms with E-state index in [0.29, 0.717) is 30.2 Å². The zero-order valence-corrected chi connectivity index (χ0v) is 16.6. The number of methoxy groups -OCH3 is 1. The fourth-order valence-corrected chi connectivity index (χ4v) is 3.38. The average molecular weight is 410 g/mol. The Bertz CT molecular complexity index is 1130. The lowest BCUT2D eigenvalue weighted by Gasteiger charge is -2.02. The van der Waals surface area contributed by atoms with Crippen molar-refractivity contribution in [1.29, 1.82) is 0 Å². The minimum absolute atomic E-state index is 0.257. The third-order valence-electron chi connectivity index (χ3n) is 4.74. The molecule has 2 heterocycles. The number of H-pyrrole nitrogens is 1. The lowest BCUT2D eigenvalue weighted by atomic mass is 10.1. The Morgan fingerprint density at radius 1 is 1.21 bits per heavy atom. The van der Waals surface area contributed by atoms with E-state index >= 15 is 0 Å². The molecule has 0 saturated heterocycles. The second kappa shape index (κ2) is 8.41. The summed E-state index contributed by atoms with van der Waals surface area (Å²) in [4.78, 5) is 15.6. The van der Waals surface area contributed by atoms with Crippen molar-refractivity contribution < 1.29 is 14.1 Å². The van der Waals surface area contributed by atoms with Gasteiger partial charge in [-0.3, -0.25) is 4.79 Å². The molecule has 148 valence electrons. The van der Waals surface area contributed by atoms with Crippen molar-refractivity contribution in [3.63, 3.8) is 0 Å². The van der Waals surface area contributed by atoms with Crippen molar-refractivity contribution in [1.82, 2.24) is 15.5 Å². The van der Waals surface area contributed by atoms with Crippen LogP contribution in [0.1, 0.15) is 27.4 Å². The first-order valence-electron chi connectivity index (χ1n) is 9.24. The molecule has 0 aliphatic heterocycles. The number of benzene rings is 2.